The first-order valence-corrected chi connectivity index (χ1v) is 9.17. The number of carbonyl (C=O) groups excluding carboxylic acids is 1. The van der Waals surface area contributed by atoms with Crippen molar-refractivity contribution in [2.24, 2.45) is 0 Å². The van der Waals surface area contributed by atoms with Crippen LogP contribution in [-0.4, -0.2) is 50.7 Å². The van der Waals surface area contributed by atoms with E-state index in [1.807, 2.05) is 44.2 Å². The molecule has 1 rings (SSSR count). The zero-order chi connectivity index (χ0) is 16.6. The molecule has 0 aliphatic rings. The van der Waals surface area contributed by atoms with Gasteiger partial charge in [-0.25, -0.2) is 17.5 Å². The lowest BCUT2D eigenvalue weighted by Crippen LogP contribution is -2.44. The highest BCUT2D eigenvalue weighted by Gasteiger charge is 2.16. The van der Waals surface area contributed by atoms with E-state index < -0.39 is 10.0 Å². The molecule has 0 spiro atoms. The van der Waals surface area contributed by atoms with Crippen LogP contribution in [-0.2, 0) is 16.4 Å². The Bertz CT molecular complexity index is 559. The molecule has 7 heteroatoms. The summed E-state index contributed by atoms with van der Waals surface area (Å²) in [7, 11) is -3.29. The van der Waals surface area contributed by atoms with Crippen LogP contribution in [0, 0.1) is 0 Å². The van der Waals surface area contributed by atoms with E-state index in [1.165, 1.54) is 10.6 Å². The fourth-order valence-corrected chi connectivity index (χ4v) is 2.80. The summed E-state index contributed by atoms with van der Waals surface area (Å²) in [6.45, 7) is 4.67. The Balaban J connectivity index is 2.47. The second-order valence-electron chi connectivity index (χ2n) is 5.45. The topological polar surface area (TPSA) is 78.5 Å². The molecule has 0 aliphatic heterocycles. The van der Waals surface area contributed by atoms with Crippen molar-refractivity contribution in [1.29, 1.82) is 0 Å². The summed E-state index contributed by atoms with van der Waals surface area (Å²) in [5.41, 5.74) is 1.08. The predicted octanol–water partition coefficient (Wildman–Crippen LogP) is 1.20. The van der Waals surface area contributed by atoms with E-state index in [0.29, 0.717) is 13.0 Å². The van der Waals surface area contributed by atoms with Crippen LogP contribution in [0.15, 0.2) is 30.3 Å². The number of sulfonamides is 1. The first-order chi connectivity index (χ1) is 10.3. The van der Waals surface area contributed by atoms with E-state index in [-0.39, 0.29) is 25.2 Å². The van der Waals surface area contributed by atoms with Crippen molar-refractivity contribution >= 4 is 16.1 Å². The van der Waals surface area contributed by atoms with Gasteiger partial charge in [0.15, 0.2) is 0 Å². The average Bonchev–Trinajstić information content (AvgIpc) is 2.41. The minimum Gasteiger partial charge on any atom is -0.337 e. The van der Waals surface area contributed by atoms with Gasteiger partial charge in [-0.15, -0.1) is 0 Å². The van der Waals surface area contributed by atoms with Gasteiger partial charge in [-0.05, 0) is 25.8 Å². The molecular weight excluding hydrogens is 302 g/mol. The number of hydrogen-bond acceptors (Lipinski definition) is 3. The summed E-state index contributed by atoms with van der Waals surface area (Å²) in [5.74, 6) is 0. The molecule has 1 aromatic rings. The number of amides is 2. The van der Waals surface area contributed by atoms with E-state index >= 15 is 0 Å². The van der Waals surface area contributed by atoms with Crippen LogP contribution in [0.4, 0.5) is 4.79 Å². The molecule has 0 unspecified atom stereocenters. The average molecular weight is 327 g/mol. The van der Waals surface area contributed by atoms with E-state index in [2.05, 4.69) is 10.6 Å². The molecule has 124 valence electrons. The van der Waals surface area contributed by atoms with Gasteiger partial charge in [0.25, 0.3) is 0 Å². The second kappa shape index (κ2) is 8.75. The van der Waals surface area contributed by atoms with Gasteiger partial charge in [-0.2, -0.15) is 0 Å². The van der Waals surface area contributed by atoms with Crippen molar-refractivity contribution in [3.8, 4) is 0 Å². The van der Waals surface area contributed by atoms with Gasteiger partial charge in [0, 0.05) is 25.7 Å². The Labute approximate surface area is 132 Å². The minimum atomic E-state index is -3.29. The van der Waals surface area contributed by atoms with Crippen LogP contribution in [0.5, 0.6) is 0 Å². The Kier molecular flexibility index (Phi) is 7.34. The maximum absolute atomic E-state index is 11.8. The number of rotatable bonds is 8. The smallest absolute Gasteiger partial charge is 0.315 e. The SMILES string of the molecule is CC(C)NC(=O)NCCN(CCc1ccccc1)S(C)(=O)=O. The predicted molar refractivity (Wildman–Crippen MR) is 88.2 cm³/mol. The number of nitrogens with one attached hydrogen (secondary N) is 2. The first kappa shape index (κ1) is 18.4. The van der Waals surface area contributed by atoms with Crippen molar-refractivity contribution in [2.75, 3.05) is 25.9 Å². The summed E-state index contributed by atoms with van der Waals surface area (Å²) in [5, 5.41) is 5.35. The van der Waals surface area contributed by atoms with E-state index in [9.17, 15) is 13.2 Å². The van der Waals surface area contributed by atoms with Crippen LogP contribution in [0.25, 0.3) is 0 Å². The lowest BCUT2D eigenvalue weighted by atomic mass is 10.1. The second-order valence-corrected chi connectivity index (χ2v) is 7.44. The summed E-state index contributed by atoms with van der Waals surface area (Å²) in [4.78, 5) is 11.5. The monoisotopic (exact) mass is 327 g/mol. The maximum Gasteiger partial charge on any atom is 0.315 e. The van der Waals surface area contributed by atoms with Gasteiger partial charge in [-0.1, -0.05) is 30.3 Å². The third-order valence-corrected chi connectivity index (χ3v) is 4.33. The van der Waals surface area contributed by atoms with E-state index in [0.717, 1.165) is 5.56 Å². The van der Waals surface area contributed by atoms with Crippen molar-refractivity contribution in [1.82, 2.24) is 14.9 Å². The molecule has 0 bridgehead atoms. The Morgan fingerprint density at radius 2 is 1.82 bits per heavy atom. The number of urea groups is 1. The summed E-state index contributed by atoms with van der Waals surface area (Å²) >= 11 is 0. The Morgan fingerprint density at radius 1 is 1.18 bits per heavy atom. The third-order valence-electron chi connectivity index (χ3n) is 3.03. The molecule has 2 N–H and O–H groups in total. The summed E-state index contributed by atoms with van der Waals surface area (Å²) < 4.78 is 25.0. The molecule has 0 saturated heterocycles. The zero-order valence-electron chi connectivity index (χ0n) is 13.4. The molecular formula is C15H25N3O3S. The van der Waals surface area contributed by atoms with Crippen molar-refractivity contribution in [3.05, 3.63) is 35.9 Å². The molecule has 0 saturated carbocycles. The molecule has 6 nitrogen and oxygen atoms in total. The fraction of sp³-hybridized carbons (Fsp3) is 0.533. The molecule has 0 fully saturated rings. The van der Waals surface area contributed by atoms with Crippen molar-refractivity contribution in [3.63, 3.8) is 0 Å². The Morgan fingerprint density at radius 3 is 2.36 bits per heavy atom. The van der Waals surface area contributed by atoms with Crippen LogP contribution in [0.3, 0.4) is 0 Å². The molecule has 0 aromatic heterocycles. The van der Waals surface area contributed by atoms with Crippen LogP contribution in [0.1, 0.15) is 19.4 Å². The van der Waals surface area contributed by atoms with Crippen molar-refractivity contribution in [2.45, 2.75) is 26.3 Å². The van der Waals surface area contributed by atoms with Crippen molar-refractivity contribution < 1.29 is 13.2 Å². The molecule has 22 heavy (non-hydrogen) atoms. The summed E-state index contributed by atoms with van der Waals surface area (Å²) in [6, 6.07) is 9.48. The maximum atomic E-state index is 11.8. The van der Waals surface area contributed by atoms with Gasteiger partial charge in [0.1, 0.15) is 0 Å². The molecule has 2 amide bonds. The number of nitrogens with zero attached hydrogens (tertiary/aromatic N) is 1. The van der Waals surface area contributed by atoms with E-state index in [4.69, 9.17) is 0 Å². The largest absolute Gasteiger partial charge is 0.337 e. The number of benzene rings is 1. The van der Waals surface area contributed by atoms with E-state index in [1.54, 1.807) is 0 Å². The lowest BCUT2D eigenvalue weighted by molar-refractivity contribution is 0.237. The highest BCUT2D eigenvalue weighted by atomic mass is 32.2. The quantitative estimate of drug-likeness (QED) is 0.753. The standard InChI is InChI=1S/C15H25N3O3S/c1-13(2)17-15(19)16-10-12-18(22(3,20)21)11-9-14-7-5-4-6-8-14/h4-8,13H,9-12H2,1-3H3,(H2,16,17,19). The lowest BCUT2D eigenvalue weighted by Gasteiger charge is -2.20. The highest BCUT2D eigenvalue weighted by Crippen LogP contribution is 2.04. The molecule has 0 atom stereocenters. The van der Waals surface area contributed by atoms with Crippen LogP contribution in [0.2, 0.25) is 0 Å². The summed E-state index contributed by atoms with van der Waals surface area (Å²) in [6.07, 6.45) is 1.83. The fourth-order valence-electron chi connectivity index (χ4n) is 1.95. The van der Waals surface area contributed by atoms with Gasteiger partial charge >= 0.3 is 6.03 Å². The van der Waals surface area contributed by atoms with Crippen LogP contribution >= 0.6 is 0 Å². The molecule has 0 aliphatic carbocycles. The number of carbonyl (C=O) groups is 1. The normalized spacial score (nSPS) is 11.7. The zero-order valence-corrected chi connectivity index (χ0v) is 14.2. The minimum absolute atomic E-state index is 0.0455. The first-order valence-electron chi connectivity index (χ1n) is 7.32. The van der Waals surface area contributed by atoms with Gasteiger partial charge < -0.3 is 10.6 Å². The molecule has 0 heterocycles. The van der Waals surface area contributed by atoms with Crippen LogP contribution < -0.4 is 10.6 Å². The molecule has 1 aromatic carbocycles. The number of hydrogen-bond donors (Lipinski definition) is 2. The molecule has 0 radical (unpaired) electrons. The highest BCUT2D eigenvalue weighted by molar-refractivity contribution is 7.88. The Hall–Kier alpha value is -1.60. The van der Waals surface area contributed by atoms with Gasteiger partial charge in [0.05, 0.1) is 6.26 Å². The van der Waals surface area contributed by atoms with Gasteiger partial charge in [-0.3, -0.25) is 0 Å². The third kappa shape index (κ3) is 7.42. The van der Waals surface area contributed by atoms with Gasteiger partial charge in [0.2, 0.25) is 10.0 Å².